The number of rotatable bonds is 4. The number of nitrogens with zero attached hydrogens (tertiary/aromatic N) is 4. The molecule has 6 nitrogen and oxygen atoms in total. The highest BCUT2D eigenvalue weighted by atomic mass is 16.2. The Kier molecular flexibility index (Phi) is 4.98. The van der Waals surface area contributed by atoms with Gasteiger partial charge in [-0.2, -0.15) is 5.10 Å². The van der Waals surface area contributed by atoms with Crippen LogP contribution < -0.4 is 0 Å². The first-order valence-electron chi connectivity index (χ1n) is 8.66. The van der Waals surface area contributed by atoms with Crippen LogP contribution in [-0.2, 0) is 16.1 Å². The Hall–Kier alpha value is -1.85. The van der Waals surface area contributed by atoms with E-state index in [-0.39, 0.29) is 11.8 Å². The second kappa shape index (κ2) is 7.15. The molecule has 2 aliphatic rings. The number of fused-ring (bicyclic) bond motifs is 1. The van der Waals surface area contributed by atoms with Crippen LogP contribution in [0.5, 0.6) is 0 Å². The maximum absolute atomic E-state index is 12.4. The first kappa shape index (κ1) is 16.0. The Morgan fingerprint density at radius 1 is 1.39 bits per heavy atom. The van der Waals surface area contributed by atoms with Gasteiger partial charge in [0, 0.05) is 58.0 Å². The molecule has 1 aromatic rings. The molecule has 0 unspecified atom stereocenters. The van der Waals surface area contributed by atoms with E-state index in [2.05, 4.69) is 5.10 Å². The predicted molar refractivity (Wildman–Crippen MR) is 86.6 cm³/mol. The molecule has 0 saturated carbocycles. The van der Waals surface area contributed by atoms with Gasteiger partial charge in [0.25, 0.3) is 0 Å². The summed E-state index contributed by atoms with van der Waals surface area (Å²) in [5, 5.41) is 4.16. The predicted octanol–water partition coefficient (Wildman–Crippen LogP) is 1.52. The number of hydrogen-bond acceptors (Lipinski definition) is 3. The van der Waals surface area contributed by atoms with E-state index in [0.29, 0.717) is 24.8 Å². The maximum Gasteiger partial charge on any atom is 0.222 e. The zero-order valence-electron chi connectivity index (χ0n) is 13.9. The maximum atomic E-state index is 12.4. The number of piperidine rings is 1. The standard InChI is InChI=1S/C17H26N4O2/c1-19-15-8-12-20(13-14(15)5-2-6-16(19)22)17(23)7-3-10-21-11-4-9-18-21/h4,9,11,14-15H,2-3,5-8,10,12-13H2,1H3/t14-,15-/m1/s1. The van der Waals surface area contributed by atoms with E-state index in [0.717, 1.165) is 45.3 Å². The number of carbonyl (C=O) groups excluding carboxylic acids is 2. The minimum Gasteiger partial charge on any atom is -0.342 e. The van der Waals surface area contributed by atoms with Gasteiger partial charge >= 0.3 is 0 Å². The van der Waals surface area contributed by atoms with Crippen LogP contribution in [0.2, 0.25) is 0 Å². The molecule has 1 aromatic heterocycles. The van der Waals surface area contributed by atoms with Crippen LogP contribution in [0.1, 0.15) is 38.5 Å². The summed E-state index contributed by atoms with van der Waals surface area (Å²) in [6.07, 6.45) is 8.66. The smallest absolute Gasteiger partial charge is 0.222 e. The van der Waals surface area contributed by atoms with Crippen LogP contribution in [0.25, 0.3) is 0 Å². The molecular weight excluding hydrogens is 292 g/mol. The van der Waals surface area contributed by atoms with E-state index in [1.54, 1.807) is 6.20 Å². The van der Waals surface area contributed by atoms with Crippen molar-refractivity contribution in [2.45, 2.75) is 51.1 Å². The molecule has 2 aliphatic heterocycles. The van der Waals surface area contributed by atoms with Gasteiger partial charge in [-0.1, -0.05) is 0 Å². The van der Waals surface area contributed by atoms with Gasteiger partial charge in [-0.25, -0.2) is 0 Å². The third-order valence-electron chi connectivity index (χ3n) is 5.24. The highest BCUT2D eigenvalue weighted by Crippen LogP contribution is 2.29. The van der Waals surface area contributed by atoms with Gasteiger partial charge in [0.15, 0.2) is 0 Å². The van der Waals surface area contributed by atoms with Gasteiger partial charge in [-0.05, 0) is 37.7 Å². The number of hydrogen-bond donors (Lipinski definition) is 0. The summed E-state index contributed by atoms with van der Waals surface area (Å²) >= 11 is 0. The fraction of sp³-hybridized carbons (Fsp3) is 0.706. The van der Waals surface area contributed by atoms with Crippen LogP contribution >= 0.6 is 0 Å². The molecule has 6 heteroatoms. The molecule has 126 valence electrons. The summed E-state index contributed by atoms with van der Waals surface area (Å²) in [5.41, 5.74) is 0. The number of likely N-dealkylation sites (tertiary alicyclic amines) is 2. The topological polar surface area (TPSA) is 58.4 Å². The van der Waals surface area contributed by atoms with Crippen molar-refractivity contribution in [3.8, 4) is 0 Å². The lowest BCUT2D eigenvalue weighted by Gasteiger charge is -2.41. The molecule has 3 heterocycles. The molecule has 0 radical (unpaired) electrons. The van der Waals surface area contributed by atoms with E-state index in [1.807, 2.05) is 33.8 Å². The normalized spacial score (nSPS) is 25.2. The van der Waals surface area contributed by atoms with Gasteiger partial charge in [-0.15, -0.1) is 0 Å². The fourth-order valence-corrected chi connectivity index (χ4v) is 3.90. The van der Waals surface area contributed by atoms with Crippen molar-refractivity contribution in [1.29, 1.82) is 0 Å². The lowest BCUT2D eigenvalue weighted by molar-refractivity contribution is -0.136. The van der Waals surface area contributed by atoms with E-state index in [9.17, 15) is 9.59 Å². The monoisotopic (exact) mass is 318 g/mol. The number of carbonyl (C=O) groups is 2. The molecule has 2 fully saturated rings. The minimum absolute atomic E-state index is 0.244. The van der Waals surface area contributed by atoms with Gasteiger partial charge in [-0.3, -0.25) is 14.3 Å². The Morgan fingerprint density at radius 3 is 3.04 bits per heavy atom. The third kappa shape index (κ3) is 3.74. The summed E-state index contributed by atoms with van der Waals surface area (Å²) < 4.78 is 1.87. The highest BCUT2D eigenvalue weighted by Gasteiger charge is 2.36. The van der Waals surface area contributed by atoms with Crippen LogP contribution in [0.3, 0.4) is 0 Å². The second-order valence-corrected chi connectivity index (χ2v) is 6.73. The third-order valence-corrected chi connectivity index (χ3v) is 5.24. The molecule has 2 amide bonds. The zero-order valence-corrected chi connectivity index (χ0v) is 13.9. The molecule has 23 heavy (non-hydrogen) atoms. The van der Waals surface area contributed by atoms with Crippen LogP contribution in [0.4, 0.5) is 0 Å². The Labute approximate surface area is 137 Å². The van der Waals surface area contributed by atoms with Gasteiger partial charge in [0.1, 0.15) is 0 Å². The van der Waals surface area contributed by atoms with E-state index in [4.69, 9.17) is 0 Å². The summed E-state index contributed by atoms with van der Waals surface area (Å²) in [5.74, 6) is 0.945. The van der Waals surface area contributed by atoms with Crippen molar-refractivity contribution >= 4 is 11.8 Å². The number of amides is 2. The molecule has 3 rings (SSSR count). The molecule has 0 spiro atoms. The van der Waals surface area contributed by atoms with Crippen LogP contribution in [-0.4, -0.2) is 57.6 Å². The van der Waals surface area contributed by atoms with Crippen LogP contribution in [0, 0.1) is 5.92 Å². The Morgan fingerprint density at radius 2 is 2.26 bits per heavy atom. The van der Waals surface area contributed by atoms with Crippen molar-refractivity contribution in [3.63, 3.8) is 0 Å². The summed E-state index contributed by atoms with van der Waals surface area (Å²) in [7, 11) is 1.92. The van der Waals surface area contributed by atoms with Crippen molar-refractivity contribution in [2.75, 3.05) is 20.1 Å². The van der Waals surface area contributed by atoms with Gasteiger partial charge < -0.3 is 9.80 Å². The number of aryl methyl sites for hydroxylation is 1. The fourth-order valence-electron chi connectivity index (χ4n) is 3.90. The van der Waals surface area contributed by atoms with E-state index in [1.165, 1.54) is 0 Å². The minimum atomic E-state index is 0.244. The lowest BCUT2D eigenvalue weighted by atomic mass is 9.88. The molecule has 0 bridgehead atoms. The van der Waals surface area contributed by atoms with Crippen molar-refractivity contribution in [1.82, 2.24) is 19.6 Å². The van der Waals surface area contributed by atoms with Crippen molar-refractivity contribution in [2.24, 2.45) is 5.92 Å². The second-order valence-electron chi connectivity index (χ2n) is 6.73. The first-order chi connectivity index (χ1) is 11.1. The number of aromatic nitrogens is 2. The highest BCUT2D eigenvalue weighted by molar-refractivity contribution is 5.77. The molecule has 0 N–H and O–H groups in total. The summed E-state index contributed by atoms with van der Waals surface area (Å²) in [6, 6.07) is 2.22. The Balaban J connectivity index is 1.50. The zero-order chi connectivity index (χ0) is 16.2. The van der Waals surface area contributed by atoms with E-state index < -0.39 is 0 Å². The first-order valence-corrected chi connectivity index (χ1v) is 8.66. The summed E-state index contributed by atoms with van der Waals surface area (Å²) in [4.78, 5) is 28.4. The average molecular weight is 318 g/mol. The summed E-state index contributed by atoms with van der Waals surface area (Å²) in [6.45, 7) is 2.37. The van der Waals surface area contributed by atoms with E-state index >= 15 is 0 Å². The average Bonchev–Trinajstić information content (AvgIpc) is 3.02. The lowest BCUT2D eigenvalue weighted by Crippen LogP contribution is -2.51. The molecule has 2 atom stereocenters. The SMILES string of the molecule is CN1C(=O)CCC[C@@H]2CN(C(=O)CCCn3cccn3)CC[C@H]21. The Bertz CT molecular complexity index is 543. The quantitative estimate of drug-likeness (QED) is 0.846. The molecule has 0 aliphatic carbocycles. The van der Waals surface area contributed by atoms with Crippen LogP contribution in [0.15, 0.2) is 18.5 Å². The van der Waals surface area contributed by atoms with Gasteiger partial charge in [0.05, 0.1) is 0 Å². The van der Waals surface area contributed by atoms with Crippen molar-refractivity contribution < 1.29 is 9.59 Å². The largest absolute Gasteiger partial charge is 0.342 e. The van der Waals surface area contributed by atoms with Gasteiger partial charge in [0.2, 0.25) is 11.8 Å². The molecule has 0 aromatic carbocycles. The molecule has 2 saturated heterocycles. The molecular formula is C17H26N4O2. The van der Waals surface area contributed by atoms with Crippen molar-refractivity contribution in [3.05, 3.63) is 18.5 Å².